The van der Waals surface area contributed by atoms with Gasteiger partial charge in [-0.05, 0) is 48.2 Å². The molecular weight excluding hydrogens is 446 g/mol. The van der Waals surface area contributed by atoms with E-state index in [1.54, 1.807) is 30.3 Å². The lowest BCUT2D eigenvalue weighted by Gasteiger charge is -2.19. The largest absolute Gasteiger partial charge is 0.446 e. The van der Waals surface area contributed by atoms with Crippen LogP contribution in [0.1, 0.15) is 34.9 Å². The number of halogens is 4. The summed E-state index contributed by atoms with van der Waals surface area (Å²) >= 11 is -0.527. The van der Waals surface area contributed by atoms with Crippen molar-refractivity contribution in [1.29, 1.82) is 0 Å². The van der Waals surface area contributed by atoms with E-state index in [1.165, 1.54) is 6.07 Å². The number of carbonyl (C=O) groups excluding carboxylic acids is 1. The van der Waals surface area contributed by atoms with Gasteiger partial charge in [-0.15, -0.1) is 0 Å². The second-order valence-electron chi connectivity index (χ2n) is 7.37. The summed E-state index contributed by atoms with van der Waals surface area (Å²) in [5.74, 6) is -1.38. The maximum absolute atomic E-state index is 14.3. The Morgan fingerprint density at radius 1 is 1.12 bits per heavy atom. The van der Waals surface area contributed by atoms with Gasteiger partial charge in [0, 0.05) is 11.6 Å². The summed E-state index contributed by atoms with van der Waals surface area (Å²) in [5.41, 5.74) is -4.24. The van der Waals surface area contributed by atoms with E-state index in [0.717, 1.165) is 31.0 Å². The molecule has 5 nitrogen and oxygen atoms in total. The highest BCUT2D eigenvalue weighted by molar-refractivity contribution is 8.00. The first-order chi connectivity index (χ1) is 15.2. The summed E-state index contributed by atoms with van der Waals surface area (Å²) in [6, 6.07) is 12.7. The van der Waals surface area contributed by atoms with E-state index < -0.39 is 45.5 Å². The maximum Gasteiger partial charge on any atom is 0.446 e. The number of benzene rings is 2. The maximum atomic E-state index is 14.3. The fourth-order valence-electron chi connectivity index (χ4n) is 3.34. The van der Waals surface area contributed by atoms with E-state index in [2.05, 4.69) is 15.3 Å². The Bertz CT molecular complexity index is 1190. The summed E-state index contributed by atoms with van der Waals surface area (Å²) in [7, 11) is 0. The van der Waals surface area contributed by atoms with Gasteiger partial charge >= 0.3 is 5.51 Å². The lowest BCUT2D eigenvalue weighted by molar-refractivity contribution is -0.0329. The van der Waals surface area contributed by atoms with Gasteiger partial charge in [-0.25, -0.2) is 9.37 Å². The standard InChI is InChI=1S/C22H17F4N3O2S/c23-15-10-14(8-9-17(15)32-22(24,25)26)19(12-6-7-12)29-21(31)16-11-18(30)28-20(27-16)13-4-2-1-3-5-13/h1-5,8-12,19H,6-7H2,(H,29,31)(H,27,28,30). The van der Waals surface area contributed by atoms with Gasteiger partial charge in [0.15, 0.2) is 0 Å². The Hall–Kier alpha value is -3.14. The van der Waals surface area contributed by atoms with Crippen LogP contribution in [0.4, 0.5) is 17.6 Å². The molecule has 1 atom stereocenters. The number of rotatable bonds is 6. The molecule has 1 heterocycles. The van der Waals surface area contributed by atoms with Crippen molar-refractivity contribution >= 4 is 17.7 Å². The van der Waals surface area contributed by atoms with Crippen molar-refractivity contribution in [2.24, 2.45) is 5.92 Å². The zero-order chi connectivity index (χ0) is 22.9. The van der Waals surface area contributed by atoms with Gasteiger partial charge in [-0.3, -0.25) is 9.59 Å². The molecule has 3 aromatic rings. The number of carbonyl (C=O) groups is 1. The highest BCUT2D eigenvalue weighted by atomic mass is 32.2. The van der Waals surface area contributed by atoms with Gasteiger partial charge in [0.25, 0.3) is 11.5 Å². The van der Waals surface area contributed by atoms with Crippen molar-refractivity contribution in [2.45, 2.75) is 29.3 Å². The molecule has 1 aliphatic rings. The molecule has 0 spiro atoms. The predicted octanol–water partition coefficient (Wildman–Crippen LogP) is 5.07. The fraction of sp³-hybridized carbons (Fsp3) is 0.227. The van der Waals surface area contributed by atoms with Crippen LogP contribution in [0.3, 0.4) is 0 Å². The van der Waals surface area contributed by atoms with E-state index >= 15 is 0 Å². The first-order valence-electron chi connectivity index (χ1n) is 9.72. The Morgan fingerprint density at radius 2 is 1.84 bits per heavy atom. The molecule has 0 aliphatic heterocycles. The van der Waals surface area contributed by atoms with Crippen molar-refractivity contribution in [3.8, 4) is 11.4 Å². The molecule has 1 aromatic heterocycles. The molecule has 1 aliphatic carbocycles. The highest BCUT2D eigenvalue weighted by Crippen LogP contribution is 2.43. The lowest BCUT2D eigenvalue weighted by Crippen LogP contribution is -2.31. The van der Waals surface area contributed by atoms with Crippen molar-refractivity contribution < 1.29 is 22.4 Å². The average Bonchev–Trinajstić information content (AvgIpc) is 3.58. The summed E-state index contributed by atoms with van der Waals surface area (Å²) in [6.45, 7) is 0. The quantitative estimate of drug-likeness (QED) is 0.396. The van der Waals surface area contributed by atoms with E-state index in [-0.39, 0.29) is 17.4 Å². The van der Waals surface area contributed by atoms with E-state index in [9.17, 15) is 27.2 Å². The number of nitrogens with one attached hydrogen (secondary N) is 2. The third-order valence-corrected chi connectivity index (χ3v) is 5.72. The van der Waals surface area contributed by atoms with Crippen LogP contribution >= 0.6 is 11.8 Å². The zero-order valence-corrected chi connectivity index (χ0v) is 17.3. The van der Waals surface area contributed by atoms with Crippen LogP contribution in [-0.2, 0) is 0 Å². The second-order valence-corrected chi connectivity index (χ2v) is 8.48. The molecule has 2 aromatic carbocycles. The SMILES string of the molecule is O=C(NC(c1ccc(SC(F)(F)F)c(F)c1)C1CC1)c1cc(=O)[nH]c(-c2ccccc2)n1. The first-order valence-corrected chi connectivity index (χ1v) is 10.5. The summed E-state index contributed by atoms with van der Waals surface area (Å²) < 4.78 is 52.0. The monoisotopic (exact) mass is 463 g/mol. The molecule has 10 heteroatoms. The van der Waals surface area contributed by atoms with Crippen molar-refractivity contribution in [3.63, 3.8) is 0 Å². The number of thioether (sulfide) groups is 1. The van der Waals surface area contributed by atoms with E-state index in [1.807, 2.05) is 0 Å². The smallest absolute Gasteiger partial charge is 0.344 e. The van der Waals surface area contributed by atoms with E-state index in [4.69, 9.17) is 0 Å². The van der Waals surface area contributed by atoms with Crippen LogP contribution < -0.4 is 10.9 Å². The van der Waals surface area contributed by atoms with Crippen molar-refractivity contribution in [3.05, 3.63) is 82.0 Å². The van der Waals surface area contributed by atoms with Gasteiger partial charge in [0.1, 0.15) is 17.3 Å². The summed E-state index contributed by atoms with van der Waals surface area (Å²) in [6.07, 6.45) is 1.56. The van der Waals surface area contributed by atoms with Crippen LogP contribution in [0.25, 0.3) is 11.4 Å². The van der Waals surface area contributed by atoms with Gasteiger partial charge in [0.05, 0.1) is 10.9 Å². The minimum atomic E-state index is -4.60. The van der Waals surface area contributed by atoms with Gasteiger partial charge in [0.2, 0.25) is 0 Å². The Labute approximate surface area is 184 Å². The summed E-state index contributed by atoms with van der Waals surface area (Å²) in [5, 5.41) is 2.76. The van der Waals surface area contributed by atoms with Crippen LogP contribution in [0, 0.1) is 11.7 Å². The fourth-order valence-corrected chi connectivity index (χ4v) is 3.88. The van der Waals surface area contributed by atoms with Gasteiger partial charge in [-0.2, -0.15) is 13.2 Å². The molecule has 1 saturated carbocycles. The molecule has 1 fully saturated rings. The Morgan fingerprint density at radius 3 is 2.47 bits per heavy atom. The highest BCUT2D eigenvalue weighted by Gasteiger charge is 2.35. The van der Waals surface area contributed by atoms with Crippen LogP contribution in [0.15, 0.2) is 64.3 Å². The average molecular weight is 463 g/mol. The zero-order valence-electron chi connectivity index (χ0n) is 16.4. The third-order valence-electron chi connectivity index (χ3n) is 4.94. The number of aromatic amines is 1. The number of hydrogen-bond donors (Lipinski definition) is 2. The molecule has 0 saturated heterocycles. The minimum absolute atomic E-state index is 0.0232. The van der Waals surface area contributed by atoms with Crippen molar-refractivity contribution in [2.75, 3.05) is 0 Å². The predicted molar refractivity (Wildman–Crippen MR) is 112 cm³/mol. The minimum Gasteiger partial charge on any atom is -0.344 e. The molecule has 0 radical (unpaired) electrons. The molecule has 166 valence electrons. The molecule has 4 rings (SSSR count). The first kappa shape index (κ1) is 22.1. The molecule has 0 bridgehead atoms. The number of hydrogen-bond acceptors (Lipinski definition) is 4. The molecule has 1 amide bonds. The molecular formula is C22H17F4N3O2S. The lowest BCUT2D eigenvalue weighted by atomic mass is 10.0. The van der Waals surface area contributed by atoms with Crippen LogP contribution in [-0.4, -0.2) is 21.4 Å². The van der Waals surface area contributed by atoms with Gasteiger partial charge < -0.3 is 10.3 Å². The van der Waals surface area contributed by atoms with Crippen molar-refractivity contribution in [1.82, 2.24) is 15.3 Å². The number of alkyl halides is 3. The van der Waals surface area contributed by atoms with Gasteiger partial charge in [-0.1, -0.05) is 36.4 Å². The normalized spacial score (nSPS) is 14.8. The molecule has 1 unspecified atom stereocenters. The Kier molecular flexibility index (Phi) is 6.05. The number of aromatic nitrogens is 2. The van der Waals surface area contributed by atoms with E-state index in [0.29, 0.717) is 11.1 Å². The number of nitrogens with zero attached hydrogens (tertiary/aromatic N) is 1. The molecule has 2 N–H and O–H groups in total. The topological polar surface area (TPSA) is 74.8 Å². The number of H-pyrrole nitrogens is 1. The Balaban J connectivity index is 1.58. The molecule has 32 heavy (non-hydrogen) atoms. The number of amides is 1. The van der Waals surface area contributed by atoms with Crippen LogP contribution in [0.2, 0.25) is 0 Å². The third kappa shape index (κ3) is 5.37. The summed E-state index contributed by atoms with van der Waals surface area (Å²) in [4.78, 5) is 31.2. The second kappa shape index (κ2) is 8.78. The van der Waals surface area contributed by atoms with Crippen LogP contribution in [0.5, 0.6) is 0 Å².